The number of hydrogen-bond donors (Lipinski definition) is 2. The number of carbonyl (C=O) groups excluding carboxylic acids is 2. The highest BCUT2D eigenvalue weighted by Gasteiger charge is 2.45. The molecule has 10 heteroatoms. The van der Waals surface area contributed by atoms with Crippen molar-refractivity contribution in [1.29, 1.82) is 0 Å². The number of rotatable bonds is 4. The number of aryl methyl sites for hydroxylation is 1. The molecule has 1 aliphatic rings. The van der Waals surface area contributed by atoms with E-state index >= 15 is 0 Å². The largest absolute Gasteiger partial charge is 0.472 e. The fraction of sp³-hybridized carbons (Fsp3) is 0.350. The molecule has 0 unspecified atom stereocenters. The van der Waals surface area contributed by atoms with Gasteiger partial charge in [0.15, 0.2) is 0 Å². The van der Waals surface area contributed by atoms with Gasteiger partial charge in [0.25, 0.3) is 0 Å². The Kier molecular flexibility index (Phi) is 6.62. The highest BCUT2D eigenvalue weighted by atomic mass is 35.5. The van der Waals surface area contributed by atoms with Crippen LogP contribution in [0.25, 0.3) is 0 Å². The van der Waals surface area contributed by atoms with Gasteiger partial charge in [-0.1, -0.05) is 17.7 Å². The summed E-state index contributed by atoms with van der Waals surface area (Å²) in [6, 6.07) is 7.08. The van der Waals surface area contributed by atoms with Crippen LogP contribution in [-0.2, 0) is 9.59 Å². The van der Waals surface area contributed by atoms with E-state index in [0.717, 1.165) is 6.20 Å². The Morgan fingerprint density at radius 1 is 1.20 bits per heavy atom. The Labute approximate surface area is 176 Å². The molecule has 1 fully saturated rings. The molecule has 1 aliphatic heterocycles. The van der Waals surface area contributed by atoms with Crippen LogP contribution >= 0.6 is 11.6 Å². The van der Waals surface area contributed by atoms with E-state index in [1.807, 2.05) is 0 Å². The molecule has 2 N–H and O–H groups in total. The molecule has 3 rings (SSSR count). The predicted molar refractivity (Wildman–Crippen MR) is 108 cm³/mol. The third-order valence-corrected chi connectivity index (χ3v) is 4.97. The summed E-state index contributed by atoms with van der Waals surface area (Å²) in [7, 11) is 0. The highest BCUT2D eigenvalue weighted by molar-refractivity contribution is 6.30. The van der Waals surface area contributed by atoms with Gasteiger partial charge >= 0.3 is 12.1 Å². The lowest BCUT2D eigenvalue weighted by molar-refractivity contribution is -0.169. The van der Waals surface area contributed by atoms with Gasteiger partial charge in [-0.2, -0.15) is 13.2 Å². The zero-order valence-corrected chi connectivity index (χ0v) is 16.8. The normalized spacial score (nSPS) is 15.0. The number of alkyl halides is 3. The van der Waals surface area contributed by atoms with Crippen molar-refractivity contribution in [3.05, 3.63) is 47.1 Å². The van der Waals surface area contributed by atoms with E-state index in [0.29, 0.717) is 36.4 Å². The molecule has 2 aromatic rings. The molecule has 6 nitrogen and oxygen atoms in total. The van der Waals surface area contributed by atoms with Crippen LogP contribution in [-0.4, -0.2) is 36.1 Å². The maximum Gasteiger partial charge on any atom is 0.472 e. The summed E-state index contributed by atoms with van der Waals surface area (Å²) in [5.41, 5.74) is 0.590. The summed E-state index contributed by atoms with van der Waals surface area (Å²) in [5.74, 6) is -2.95. The van der Waals surface area contributed by atoms with Crippen LogP contribution in [0.2, 0.25) is 5.02 Å². The van der Waals surface area contributed by atoms with Crippen molar-refractivity contribution in [3.8, 4) is 0 Å². The van der Waals surface area contributed by atoms with E-state index in [-0.39, 0.29) is 34.0 Å². The van der Waals surface area contributed by atoms with Crippen LogP contribution < -0.4 is 15.5 Å². The Bertz CT molecular complexity index is 929. The molecular formula is C20H20ClF3N4O2. The maximum absolute atomic E-state index is 13.4. The lowest BCUT2D eigenvalue weighted by Crippen LogP contribution is -2.39. The number of anilines is 3. The number of benzene rings is 1. The topological polar surface area (TPSA) is 74.3 Å². The summed E-state index contributed by atoms with van der Waals surface area (Å²) >= 11 is 5.79. The van der Waals surface area contributed by atoms with Gasteiger partial charge in [0.2, 0.25) is 5.91 Å². The molecule has 1 aromatic heterocycles. The summed E-state index contributed by atoms with van der Waals surface area (Å²) in [6.45, 7) is 3.05. The number of nitrogens with one attached hydrogen (secondary N) is 2. The summed E-state index contributed by atoms with van der Waals surface area (Å²) in [4.78, 5) is 29.3. The standard InChI is InChI=1S/C20H20ClF3N4O2/c1-12-2-4-15(27-18(29)13-6-8-25-9-7-13)16(10-12)28(19(30)20(22,23)24)17-5-3-14(21)11-26-17/h2-5,10-11,13,25H,6-9H2,1H3,(H,27,29). The fourth-order valence-electron chi connectivity index (χ4n) is 3.22. The Balaban J connectivity index is 2.04. The second-order valence-corrected chi connectivity index (χ2v) is 7.44. The first-order chi connectivity index (χ1) is 14.2. The molecule has 0 bridgehead atoms. The number of halogens is 4. The van der Waals surface area contributed by atoms with Crippen molar-refractivity contribution >= 4 is 40.6 Å². The third-order valence-electron chi connectivity index (χ3n) is 4.75. The molecule has 0 saturated carbocycles. The summed E-state index contributed by atoms with van der Waals surface area (Å²) in [5, 5.41) is 6.05. The van der Waals surface area contributed by atoms with Crippen molar-refractivity contribution in [1.82, 2.24) is 10.3 Å². The Hall–Kier alpha value is -2.65. The van der Waals surface area contributed by atoms with Gasteiger partial charge in [-0.25, -0.2) is 4.98 Å². The van der Waals surface area contributed by atoms with Gasteiger partial charge in [0, 0.05) is 12.1 Å². The SMILES string of the molecule is Cc1ccc(NC(=O)C2CCNCC2)c(N(C(=O)C(F)(F)F)c2ccc(Cl)cn2)c1. The van der Waals surface area contributed by atoms with Crippen LogP contribution in [0.3, 0.4) is 0 Å². The average molecular weight is 441 g/mol. The van der Waals surface area contributed by atoms with E-state index in [9.17, 15) is 22.8 Å². The molecule has 160 valence electrons. The number of amides is 2. The maximum atomic E-state index is 13.4. The second kappa shape index (κ2) is 9.01. The number of piperidine rings is 1. The Morgan fingerprint density at radius 2 is 1.90 bits per heavy atom. The smallest absolute Gasteiger partial charge is 0.324 e. The Morgan fingerprint density at radius 3 is 2.50 bits per heavy atom. The highest BCUT2D eigenvalue weighted by Crippen LogP contribution is 2.36. The first kappa shape index (κ1) is 22.0. The second-order valence-electron chi connectivity index (χ2n) is 7.01. The van der Waals surface area contributed by atoms with Gasteiger partial charge < -0.3 is 10.6 Å². The van der Waals surface area contributed by atoms with Crippen molar-refractivity contribution < 1.29 is 22.8 Å². The summed E-state index contributed by atoms with van der Waals surface area (Å²) in [6.07, 6.45) is -2.76. The third kappa shape index (κ3) is 5.09. The van der Waals surface area contributed by atoms with Gasteiger partial charge in [-0.3, -0.25) is 14.5 Å². The number of carbonyl (C=O) groups is 2. The number of aromatic nitrogens is 1. The van der Waals surface area contributed by atoms with Crippen molar-refractivity contribution in [2.45, 2.75) is 25.9 Å². The average Bonchev–Trinajstić information content (AvgIpc) is 2.71. The molecule has 0 spiro atoms. The van der Waals surface area contributed by atoms with Crippen molar-refractivity contribution in [2.75, 3.05) is 23.3 Å². The molecule has 1 saturated heterocycles. The molecular weight excluding hydrogens is 421 g/mol. The van der Waals surface area contributed by atoms with E-state index in [1.165, 1.54) is 24.3 Å². The molecule has 0 atom stereocenters. The molecule has 2 heterocycles. The van der Waals surface area contributed by atoms with Gasteiger partial charge in [0.05, 0.1) is 16.4 Å². The van der Waals surface area contributed by atoms with Crippen molar-refractivity contribution in [3.63, 3.8) is 0 Å². The predicted octanol–water partition coefficient (Wildman–Crippen LogP) is 4.21. The molecule has 0 radical (unpaired) electrons. The molecule has 30 heavy (non-hydrogen) atoms. The molecule has 1 aromatic carbocycles. The molecule has 0 aliphatic carbocycles. The monoisotopic (exact) mass is 440 g/mol. The first-order valence-corrected chi connectivity index (χ1v) is 9.69. The molecule has 2 amide bonds. The quantitative estimate of drug-likeness (QED) is 0.747. The van der Waals surface area contributed by atoms with E-state index in [4.69, 9.17) is 11.6 Å². The van der Waals surface area contributed by atoms with E-state index in [1.54, 1.807) is 13.0 Å². The van der Waals surface area contributed by atoms with Crippen LogP contribution in [0, 0.1) is 12.8 Å². The van der Waals surface area contributed by atoms with Crippen LogP contribution in [0.1, 0.15) is 18.4 Å². The minimum Gasteiger partial charge on any atom is -0.324 e. The van der Waals surface area contributed by atoms with E-state index < -0.39 is 12.1 Å². The number of hydrogen-bond acceptors (Lipinski definition) is 4. The zero-order valence-electron chi connectivity index (χ0n) is 16.1. The number of nitrogens with zero attached hydrogens (tertiary/aromatic N) is 2. The van der Waals surface area contributed by atoms with Crippen LogP contribution in [0.5, 0.6) is 0 Å². The van der Waals surface area contributed by atoms with Gasteiger partial charge in [0.1, 0.15) is 5.82 Å². The summed E-state index contributed by atoms with van der Waals surface area (Å²) < 4.78 is 40.2. The van der Waals surface area contributed by atoms with Gasteiger partial charge in [-0.05, 0) is 62.7 Å². The number of pyridine rings is 1. The van der Waals surface area contributed by atoms with Crippen molar-refractivity contribution in [2.24, 2.45) is 5.92 Å². The van der Waals surface area contributed by atoms with Crippen LogP contribution in [0.4, 0.5) is 30.4 Å². The minimum atomic E-state index is -5.15. The van der Waals surface area contributed by atoms with Crippen LogP contribution in [0.15, 0.2) is 36.5 Å². The fourth-order valence-corrected chi connectivity index (χ4v) is 3.33. The van der Waals surface area contributed by atoms with Gasteiger partial charge in [-0.15, -0.1) is 0 Å². The van der Waals surface area contributed by atoms with E-state index in [2.05, 4.69) is 15.6 Å². The first-order valence-electron chi connectivity index (χ1n) is 9.32. The minimum absolute atomic E-state index is 0.0958. The lowest BCUT2D eigenvalue weighted by atomic mass is 9.97. The zero-order chi connectivity index (χ0) is 21.9. The lowest BCUT2D eigenvalue weighted by Gasteiger charge is -2.27.